The van der Waals surface area contributed by atoms with Gasteiger partial charge in [-0.2, -0.15) is 0 Å². The lowest BCUT2D eigenvalue weighted by Crippen LogP contribution is -2.46. The highest BCUT2D eigenvalue weighted by Crippen LogP contribution is 2.20. The second-order valence-corrected chi connectivity index (χ2v) is 6.04. The SMILES string of the molecule is COCCOc1ccc(C(=O)N2CCCC(C(=O)NCCN)C2)cc1. The van der Waals surface area contributed by atoms with Crippen LogP contribution in [0, 0.1) is 5.92 Å². The second-order valence-electron chi connectivity index (χ2n) is 6.04. The van der Waals surface area contributed by atoms with Crippen LogP contribution in [0.5, 0.6) is 5.75 Å². The van der Waals surface area contributed by atoms with Crippen LogP contribution >= 0.6 is 0 Å². The molecule has 138 valence electrons. The fourth-order valence-electron chi connectivity index (χ4n) is 2.83. The largest absolute Gasteiger partial charge is 0.491 e. The number of hydrogen-bond acceptors (Lipinski definition) is 5. The third kappa shape index (κ3) is 5.72. The van der Waals surface area contributed by atoms with Crippen molar-refractivity contribution in [3.63, 3.8) is 0 Å². The Morgan fingerprint density at radius 3 is 2.72 bits per heavy atom. The Bertz CT molecular complexity index is 562. The lowest BCUT2D eigenvalue weighted by atomic mass is 9.96. The van der Waals surface area contributed by atoms with Gasteiger partial charge in [-0.25, -0.2) is 0 Å². The summed E-state index contributed by atoms with van der Waals surface area (Å²) in [4.78, 5) is 26.5. The molecule has 7 heteroatoms. The molecule has 7 nitrogen and oxygen atoms in total. The number of nitrogens with two attached hydrogens (primary N) is 1. The fourth-order valence-corrected chi connectivity index (χ4v) is 2.83. The number of nitrogens with zero attached hydrogens (tertiary/aromatic N) is 1. The summed E-state index contributed by atoms with van der Waals surface area (Å²) in [6.07, 6.45) is 1.62. The lowest BCUT2D eigenvalue weighted by molar-refractivity contribution is -0.126. The summed E-state index contributed by atoms with van der Waals surface area (Å²) in [6, 6.07) is 7.06. The first-order valence-corrected chi connectivity index (χ1v) is 8.64. The van der Waals surface area contributed by atoms with Gasteiger partial charge >= 0.3 is 0 Å². The van der Waals surface area contributed by atoms with Gasteiger partial charge in [0, 0.05) is 38.9 Å². The van der Waals surface area contributed by atoms with Crippen LogP contribution in [0.25, 0.3) is 0 Å². The van der Waals surface area contributed by atoms with Gasteiger partial charge in [-0.3, -0.25) is 9.59 Å². The van der Waals surface area contributed by atoms with Crippen molar-refractivity contribution >= 4 is 11.8 Å². The van der Waals surface area contributed by atoms with E-state index in [1.165, 1.54) is 0 Å². The molecule has 1 aromatic carbocycles. The van der Waals surface area contributed by atoms with E-state index in [0.29, 0.717) is 50.7 Å². The molecule has 1 aliphatic heterocycles. The molecule has 2 rings (SSSR count). The molecule has 0 saturated carbocycles. The maximum Gasteiger partial charge on any atom is 0.253 e. The molecule has 1 aromatic rings. The summed E-state index contributed by atoms with van der Waals surface area (Å²) < 4.78 is 10.4. The number of nitrogens with one attached hydrogen (secondary N) is 1. The van der Waals surface area contributed by atoms with Crippen LogP contribution in [0.15, 0.2) is 24.3 Å². The minimum absolute atomic E-state index is 0.0233. The van der Waals surface area contributed by atoms with Gasteiger partial charge in [0.1, 0.15) is 12.4 Å². The standard InChI is InChI=1S/C18H27N3O4/c1-24-11-12-25-16-6-4-14(5-7-16)18(23)21-10-2-3-15(13-21)17(22)20-9-8-19/h4-7,15H,2-3,8-13,19H2,1H3,(H,20,22). The average Bonchev–Trinajstić information content (AvgIpc) is 2.66. The molecule has 1 atom stereocenters. The summed E-state index contributed by atoms with van der Waals surface area (Å²) in [5.41, 5.74) is 6.01. The molecule has 25 heavy (non-hydrogen) atoms. The molecule has 1 unspecified atom stereocenters. The van der Waals surface area contributed by atoms with Crippen molar-refractivity contribution in [2.45, 2.75) is 12.8 Å². The Balaban J connectivity index is 1.91. The monoisotopic (exact) mass is 349 g/mol. The van der Waals surface area contributed by atoms with Crippen LogP contribution in [0.4, 0.5) is 0 Å². The van der Waals surface area contributed by atoms with E-state index in [2.05, 4.69) is 5.32 Å². The summed E-state index contributed by atoms with van der Waals surface area (Å²) in [6.45, 7) is 2.98. The molecule has 0 aromatic heterocycles. The zero-order valence-electron chi connectivity index (χ0n) is 14.7. The Morgan fingerprint density at radius 2 is 2.04 bits per heavy atom. The van der Waals surface area contributed by atoms with Crippen LogP contribution in [0.3, 0.4) is 0 Å². The highest BCUT2D eigenvalue weighted by atomic mass is 16.5. The van der Waals surface area contributed by atoms with E-state index in [-0.39, 0.29) is 17.7 Å². The van der Waals surface area contributed by atoms with Gasteiger partial charge in [0.2, 0.25) is 5.91 Å². The molecule has 2 amide bonds. The van der Waals surface area contributed by atoms with Crippen LogP contribution in [0.2, 0.25) is 0 Å². The zero-order chi connectivity index (χ0) is 18.1. The number of carbonyl (C=O) groups is 2. The number of amides is 2. The Morgan fingerprint density at radius 1 is 1.28 bits per heavy atom. The van der Waals surface area contributed by atoms with E-state index >= 15 is 0 Å². The zero-order valence-corrected chi connectivity index (χ0v) is 14.7. The van der Waals surface area contributed by atoms with Gasteiger partial charge in [-0.05, 0) is 37.1 Å². The quantitative estimate of drug-likeness (QED) is 0.672. The van der Waals surface area contributed by atoms with Crippen molar-refractivity contribution in [3.05, 3.63) is 29.8 Å². The average molecular weight is 349 g/mol. The first-order chi connectivity index (χ1) is 12.2. The van der Waals surface area contributed by atoms with Crippen molar-refractivity contribution in [2.75, 3.05) is 46.5 Å². The first-order valence-electron chi connectivity index (χ1n) is 8.64. The van der Waals surface area contributed by atoms with Gasteiger partial charge < -0.3 is 25.4 Å². The molecule has 1 aliphatic rings. The molecule has 0 radical (unpaired) electrons. The number of piperidine rings is 1. The van der Waals surface area contributed by atoms with Gasteiger partial charge in [-0.15, -0.1) is 0 Å². The molecule has 1 heterocycles. The Labute approximate surface area is 148 Å². The Hall–Kier alpha value is -2.12. The number of methoxy groups -OCH3 is 1. The number of ether oxygens (including phenoxy) is 2. The van der Waals surface area contributed by atoms with Crippen LogP contribution in [-0.4, -0.2) is 63.2 Å². The molecule has 0 aliphatic carbocycles. The number of hydrogen-bond donors (Lipinski definition) is 2. The smallest absolute Gasteiger partial charge is 0.253 e. The minimum Gasteiger partial charge on any atom is -0.491 e. The lowest BCUT2D eigenvalue weighted by Gasteiger charge is -2.32. The summed E-state index contributed by atoms with van der Waals surface area (Å²) in [5.74, 6) is 0.455. The van der Waals surface area contributed by atoms with Crippen molar-refractivity contribution < 1.29 is 19.1 Å². The number of rotatable bonds is 8. The molecule has 0 spiro atoms. The van der Waals surface area contributed by atoms with Crippen LogP contribution in [-0.2, 0) is 9.53 Å². The van der Waals surface area contributed by atoms with Gasteiger partial charge in [-0.1, -0.05) is 0 Å². The van der Waals surface area contributed by atoms with E-state index < -0.39 is 0 Å². The summed E-state index contributed by atoms with van der Waals surface area (Å²) in [5, 5.41) is 2.80. The molecule has 3 N–H and O–H groups in total. The van der Waals surface area contributed by atoms with Gasteiger partial charge in [0.25, 0.3) is 5.91 Å². The molecular formula is C18H27N3O4. The van der Waals surface area contributed by atoms with E-state index in [9.17, 15) is 9.59 Å². The van der Waals surface area contributed by atoms with Gasteiger partial charge in [0.15, 0.2) is 0 Å². The predicted molar refractivity (Wildman–Crippen MR) is 94.5 cm³/mol. The van der Waals surface area contributed by atoms with Crippen LogP contribution in [0.1, 0.15) is 23.2 Å². The fraction of sp³-hybridized carbons (Fsp3) is 0.556. The topological polar surface area (TPSA) is 93.9 Å². The summed E-state index contributed by atoms with van der Waals surface area (Å²) >= 11 is 0. The van der Waals surface area contributed by atoms with Gasteiger partial charge in [0.05, 0.1) is 12.5 Å². The molecule has 0 bridgehead atoms. The van der Waals surface area contributed by atoms with Crippen molar-refractivity contribution in [3.8, 4) is 5.75 Å². The van der Waals surface area contributed by atoms with E-state index in [4.69, 9.17) is 15.2 Å². The minimum atomic E-state index is -0.166. The van der Waals surface area contributed by atoms with Crippen LogP contribution < -0.4 is 15.8 Å². The number of benzene rings is 1. The maximum absolute atomic E-state index is 12.7. The molecule has 1 saturated heterocycles. The van der Waals surface area contributed by atoms with Crippen molar-refractivity contribution in [1.82, 2.24) is 10.2 Å². The summed E-state index contributed by atoms with van der Waals surface area (Å²) in [7, 11) is 1.62. The van der Waals surface area contributed by atoms with Crippen molar-refractivity contribution in [1.29, 1.82) is 0 Å². The van der Waals surface area contributed by atoms with E-state index in [1.807, 2.05) is 0 Å². The third-order valence-corrected chi connectivity index (χ3v) is 4.18. The highest BCUT2D eigenvalue weighted by Gasteiger charge is 2.28. The van der Waals surface area contributed by atoms with Crippen molar-refractivity contribution in [2.24, 2.45) is 11.7 Å². The van der Waals surface area contributed by atoms with E-state index in [0.717, 1.165) is 12.8 Å². The first kappa shape index (κ1) is 19.2. The van der Waals surface area contributed by atoms with E-state index in [1.54, 1.807) is 36.3 Å². The number of carbonyl (C=O) groups excluding carboxylic acids is 2. The normalized spacial score (nSPS) is 17.2. The second kappa shape index (κ2) is 10.0. The Kier molecular flexibility index (Phi) is 7.69. The predicted octanol–water partition coefficient (Wildman–Crippen LogP) is 0.639. The highest BCUT2D eigenvalue weighted by molar-refractivity contribution is 5.94. The maximum atomic E-state index is 12.7. The molecule has 1 fully saturated rings. The molecular weight excluding hydrogens is 322 g/mol. The number of likely N-dealkylation sites (tertiary alicyclic amines) is 1. The third-order valence-electron chi connectivity index (χ3n) is 4.18.